The van der Waals surface area contributed by atoms with E-state index < -0.39 is 23.8 Å². The van der Waals surface area contributed by atoms with Crippen molar-refractivity contribution in [1.82, 2.24) is 9.80 Å². The lowest BCUT2D eigenvalue weighted by Gasteiger charge is -2.39. The average Bonchev–Trinajstić information content (AvgIpc) is 2.75. The highest BCUT2D eigenvalue weighted by Crippen LogP contribution is 2.34. The van der Waals surface area contributed by atoms with Crippen molar-refractivity contribution >= 4 is 17.8 Å². The third-order valence-electron chi connectivity index (χ3n) is 5.65. The minimum absolute atomic E-state index is 0.00810. The molecule has 0 bridgehead atoms. The summed E-state index contributed by atoms with van der Waals surface area (Å²) < 4.78 is 0. The van der Waals surface area contributed by atoms with Crippen molar-refractivity contribution in [2.45, 2.75) is 32.7 Å². The molecule has 1 aliphatic carbocycles. The number of nitrogens with zero attached hydrogens (tertiary/aromatic N) is 2. The first-order valence-electron chi connectivity index (χ1n) is 10.1. The van der Waals surface area contributed by atoms with Crippen LogP contribution < -0.4 is 0 Å². The van der Waals surface area contributed by atoms with Crippen LogP contribution in [0.4, 0.5) is 4.79 Å². The van der Waals surface area contributed by atoms with E-state index in [9.17, 15) is 14.4 Å². The van der Waals surface area contributed by atoms with Gasteiger partial charge >= 0.3 is 6.03 Å². The van der Waals surface area contributed by atoms with Gasteiger partial charge in [-0.2, -0.15) is 0 Å². The van der Waals surface area contributed by atoms with E-state index >= 15 is 0 Å². The van der Waals surface area contributed by atoms with Gasteiger partial charge in [0.2, 0.25) is 5.91 Å². The van der Waals surface area contributed by atoms with E-state index in [-0.39, 0.29) is 12.5 Å². The van der Waals surface area contributed by atoms with Crippen molar-refractivity contribution in [1.29, 1.82) is 0 Å². The highest BCUT2D eigenvalue weighted by molar-refractivity contribution is 6.20. The molecule has 1 aliphatic heterocycles. The van der Waals surface area contributed by atoms with E-state index in [4.69, 9.17) is 0 Å². The molecule has 0 spiro atoms. The van der Waals surface area contributed by atoms with E-state index in [1.54, 1.807) is 30.3 Å². The Hall–Kier alpha value is -3.47. The predicted octanol–water partition coefficient (Wildman–Crippen LogP) is 4.55. The monoisotopic (exact) mass is 400 g/mol. The zero-order valence-corrected chi connectivity index (χ0v) is 17.1. The highest BCUT2D eigenvalue weighted by atomic mass is 16.2. The molecule has 1 saturated heterocycles. The maximum Gasteiger partial charge on any atom is 0.338 e. The molecular weight excluding hydrogens is 376 g/mol. The molecule has 4 rings (SSSR count). The molecule has 2 aromatic rings. The number of barbiturate groups is 1. The quantitative estimate of drug-likeness (QED) is 0.708. The van der Waals surface area contributed by atoms with Crippen LogP contribution in [-0.4, -0.2) is 27.6 Å². The van der Waals surface area contributed by atoms with Crippen LogP contribution in [0.15, 0.2) is 78.5 Å². The van der Waals surface area contributed by atoms with Gasteiger partial charge in [0.25, 0.3) is 5.91 Å². The maximum absolute atomic E-state index is 13.4. The average molecular weight is 400 g/mol. The van der Waals surface area contributed by atoms with Gasteiger partial charge in [-0.15, -0.1) is 0 Å². The summed E-state index contributed by atoms with van der Waals surface area (Å²) in [4.78, 5) is 42.6. The summed E-state index contributed by atoms with van der Waals surface area (Å²) in [5.74, 6) is -1.99. The number of carbonyl (C=O) groups is 3. The molecule has 2 aliphatic rings. The molecule has 152 valence electrons. The Morgan fingerprint density at radius 1 is 0.933 bits per heavy atom. The van der Waals surface area contributed by atoms with Crippen LogP contribution in [0, 0.1) is 12.8 Å². The Balaban J connectivity index is 1.77. The van der Waals surface area contributed by atoms with E-state index in [2.05, 4.69) is 0 Å². The number of urea groups is 1. The summed E-state index contributed by atoms with van der Waals surface area (Å²) in [5.41, 5.74) is 3.17. The van der Waals surface area contributed by atoms with Crippen molar-refractivity contribution in [3.63, 3.8) is 0 Å². The summed E-state index contributed by atoms with van der Waals surface area (Å²) in [6.07, 6.45) is 6.40. The number of rotatable bonds is 4. The van der Waals surface area contributed by atoms with E-state index in [1.165, 1.54) is 9.80 Å². The van der Waals surface area contributed by atoms with Crippen molar-refractivity contribution in [3.8, 4) is 0 Å². The van der Waals surface area contributed by atoms with Gasteiger partial charge < -0.3 is 0 Å². The molecule has 30 heavy (non-hydrogen) atoms. The Kier molecular flexibility index (Phi) is 5.36. The van der Waals surface area contributed by atoms with Gasteiger partial charge in [0.05, 0.1) is 6.54 Å². The van der Waals surface area contributed by atoms with Crippen LogP contribution in [-0.2, 0) is 16.1 Å². The number of benzene rings is 2. The van der Waals surface area contributed by atoms with Gasteiger partial charge in [-0.3, -0.25) is 14.5 Å². The zero-order chi connectivity index (χ0) is 21.3. The fourth-order valence-corrected chi connectivity index (χ4v) is 3.92. The number of amides is 4. The van der Waals surface area contributed by atoms with Crippen LogP contribution in [0.3, 0.4) is 0 Å². The lowest BCUT2D eigenvalue weighted by Crippen LogP contribution is -2.58. The highest BCUT2D eigenvalue weighted by Gasteiger charge is 2.48. The third-order valence-corrected chi connectivity index (χ3v) is 5.65. The zero-order valence-electron chi connectivity index (χ0n) is 17.1. The molecule has 2 aromatic carbocycles. The van der Waals surface area contributed by atoms with E-state index in [1.807, 2.05) is 56.3 Å². The van der Waals surface area contributed by atoms with Crippen molar-refractivity contribution in [2.75, 3.05) is 0 Å². The van der Waals surface area contributed by atoms with Crippen LogP contribution in [0.5, 0.6) is 0 Å². The number of allylic oxidation sites excluding steroid dienone is 4. The summed E-state index contributed by atoms with van der Waals surface area (Å²) in [7, 11) is 0. The van der Waals surface area contributed by atoms with Crippen LogP contribution in [0.25, 0.3) is 0 Å². The molecule has 0 aromatic heterocycles. The SMILES string of the molecule is Cc1ccc(CN2C(=O)C(c3ccccc3)C(=O)N(C3=CC=CCC3C)C2=O)cc1. The molecule has 1 fully saturated rings. The molecular formula is C25H24N2O3. The first-order chi connectivity index (χ1) is 14.5. The normalized spacial score (nSPS) is 21.8. The van der Waals surface area contributed by atoms with Gasteiger partial charge in [0.15, 0.2) is 0 Å². The van der Waals surface area contributed by atoms with Crippen molar-refractivity contribution < 1.29 is 14.4 Å². The topological polar surface area (TPSA) is 57.7 Å². The van der Waals surface area contributed by atoms with E-state index in [0.717, 1.165) is 17.5 Å². The number of imide groups is 2. The molecule has 4 amide bonds. The Morgan fingerprint density at radius 3 is 2.30 bits per heavy atom. The molecule has 5 nitrogen and oxygen atoms in total. The number of hydrogen-bond donors (Lipinski definition) is 0. The molecule has 0 N–H and O–H groups in total. The molecule has 0 saturated carbocycles. The number of carbonyl (C=O) groups excluding carboxylic acids is 3. The van der Waals surface area contributed by atoms with Crippen LogP contribution >= 0.6 is 0 Å². The molecule has 2 atom stereocenters. The Bertz CT molecular complexity index is 1040. The smallest absolute Gasteiger partial charge is 0.273 e. The Morgan fingerprint density at radius 2 is 1.63 bits per heavy atom. The minimum atomic E-state index is -1.03. The molecule has 0 radical (unpaired) electrons. The van der Waals surface area contributed by atoms with Gasteiger partial charge in [0, 0.05) is 11.6 Å². The fraction of sp³-hybridized carbons (Fsp3) is 0.240. The molecule has 1 heterocycles. The second-order valence-corrected chi connectivity index (χ2v) is 7.87. The standard InChI is InChI=1S/C25H24N2O3/c1-17-12-14-19(15-13-17)16-26-23(28)22(20-9-4-3-5-10-20)24(29)27(25(26)30)21-11-7-6-8-18(21)2/h3-7,9-15,18,22H,8,16H2,1-2H3. The van der Waals surface area contributed by atoms with Gasteiger partial charge in [0.1, 0.15) is 5.92 Å². The molecule has 2 unspecified atom stereocenters. The number of aryl methyl sites for hydroxylation is 1. The van der Waals surface area contributed by atoms with Gasteiger partial charge in [-0.05, 0) is 30.5 Å². The van der Waals surface area contributed by atoms with Gasteiger partial charge in [-0.1, -0.05) is 79.2 Å². The van der Waals surface area contributed by atoms with E-state index in [0.29, 0.717) is 11.3 Å². The lowest BCUT2D eigenvalue weighted by atomic mass is 9.91. The summed E-state index contributed by atoms with van der Waals surface area (Å²) in [6.45, 7) is 4.09. The third kappa shape index (κ3) is 3.59. The predicted molar refractivity (Wildman–Crippen MR) is 114 cm³/mol. The second kappa shape index (κ2) is 8.11. The summed E-state index contributed by atoms with van der Waals surface area (Å²) in [6, 6.07) is 16.1. The first kappa shape index (κ1) is 19.8. The molecule has 5 heteroatoms. The lowest BCUT2D eigenvalue weighted by molar-refractivity contribution is -0.144. The fourth-order valence-electron chi connectivity index (χ4n) is 3.92. The summed E-state index contributed by atoms with van der Waals surface area (Å²) >= 11 is 0. The maximum atomic E-state index is 13.4. The van der Waals surface area contributed by atoms with Crippen molar-refractivity contribution in [3.05, 3.63) is 95.2 Å². The van der Waals surface area contributed by atoms with Crippen LogP contribution in [0.2, 0.25) is 0 Å². The minimum Gasteiger partial charge on any atom is -0.273 e. The first-order valence-corrected chi connectivity index (χ1v) is 10.1. The number of hydrogen-bond acceptors (Lipinski definition) is 3. The second-order valence-electron chi connectivity index (χ2n) is 7.87. The van der Waals surface area contributed by atoms with Gasteiger partial charge in [-0.25, -0.2) is 9.69 Å². The Labute approximate surface area is 176 Å². The summed E-state index contributed by atoms with van der Waals surface area (Å²) in [5, 5.41) is 0. The van der Waals surface area contributed by atoms with Crippen molar-refractivity contribution in [2.24, 2.45) is 5.92 Å². The van der Waals surface area contributed by atoms with Crippen LogP contribution in [0.1, 0.15) is 36.0 Å². The largest absolute Gasteiger partial charge is 0.338 e.